The predicted molar refractivity (Wildman–Crippen MR) is 316 cm³/mol. The second-order valence-corrected chi connectivity index (χ2v) is 21.6. The van der Waals surface area contributed by atoms with Gasteiger partial charge in [-0.05, 0) is 37.1 Å². The summed E-state index contributed by atoms with van der Waals surface area (Å²) < 4.78 is 10.6. The van der Waals surface area contributed by atoms with Crippen molar-refractivity contribution in [1.82, 2.24) is 77.1 Å². The Morgan fingerprint density at radius 2 is 1.01 bits per heavy atom. The fourth-order valence-corrected chi connectivity index (χ4v) is 10.0. The van der Waals surface area contributed by atoms with Crippen molar-refractivity contribution in [2.45, 2.75) is 171 Å². The van der Waals surface area contributed by atoms with Crippen LogP contribution < -0.4 is 43.0 Å². The molecule has 4 aromatic heterocycles. The highest BCUT2D eigenvalue weighted by Gasteiger charge is 2.35. The van der Waals surface area contributed by atoms with Crippen LogP contribution in [0.5, 0.6) is 0 Å². The lowest BCUT2D eigenvalue weighted by molar-refractivity contribution is -0.142. The normalized spacial score (nSPS) is 15.3. The number of nitrogens with zero attached hydrogens (tertiary/aromatic N) is 7. The molecule has 7 unspecified atom stereocenters. The minimum Gasteiger partial charge on any atom is -0.480 e. The van der Waals surface area contributed by atoms with Gasteiger partial charge in [-0.3, -0.25) is 33.6 Å². The number of nitrogens with one attached hydrogen (secondary N) is 11. The van der Waals surface area contributed by atoms with Crippen LogP contribution in [0, 0.1) is 5.92 Å². The molecule has 1 aliphatic rings. The second-order valence-electron chi connectivity index (χ2n) is 21.2. The first kappa shape index (κ1) is 68.9. The molecule has 5 rings (SSSR count). The highest BCUT2D eigenvalue weighted by molar-refractivity contribution is 7.80. The zero-order valence-electron chi connectivity index (χ0n) is 48.5. The highest BCUT2D eigenvalue weighted by atomic mass is 32.1. The summed E-state index contributed by atoms with van der Waals surface area (Å²) >= 11 is 4.40. The Morgan fingerprint density at radius 3 is 1.50 bits per heavy atom. The third-order valence-electron chi connectivity index (χ3n) is 14.6. The van der Waals surface area contributed by atoms with E-state index in [-0.39, 0.29) is 83.0 Å². The van der Waals surface area contributed by atoms with Crippen LogP contribution in [-0.4, -0.2) is 180 Å². The molecule has 30 nitrogen and oxygen atoms in total. The molecular weight excluding hydrogens is 1130 g/mol. The van der Waals surface area contributed by atoms with Crippen molar-refractivity contribution in [1.29, 1.82) is 0 Å². The van der Waals surface area contributed by atoms with E-state index in [0.29, 0.717) is 61.1 Å². The molecule has 86 heavy (non-hydrogen) atoms. The number of aromatic nitrogens is 8. The number of unbranched alkanes of at least 4 members (excludes halogenated alkanes) is 2. The first-order valence-corrected chi connectivity index (χ1v) is 30.1. The summed E-state index contributed by atoms with van der Waals surface area (Å²) in [6.07, 6.45) is 24.2. The van der Waals surface area contributed by atoms with E-state index in [1.54, 1.807) is 0 Å². The van der Waals surface area contributed by atoms with E-state index in [2.05, 4.69) is 99.7 Å². The van der Waals surface area contributed by atoms with Gasteiger partial charge in [0.2, 0.25) is 41.4 Å². The minimum absolute atomic E-state index is 0.0881. The fourth-order valence-electron chi connectivity index (χ4n) is 9.76. The molecule has 4 aromatic rings. The molecule has 0 spiro atoms. The number of nitrogens with two attached hydrogens (primary N) is 1. The number of carbonyl (C=O) groups excluding carboxylic acids is 7. The monoisotopic (exact) mass is 1220 g/mol. The van der Waals surface area contributed by atoms with E-state index < -0.39 is 83.7 Å². The number of rotatable bonds is 41. The number of azide groups is 1. The Kier molecular flexibility index (Phi) is 31.8. The molecule has 0 aliphatic heterocycles. The van der Waals surface area contributed by atoms with Gasteiger partial charge in [-0.2, -0.15) is 12.6 Å². The van der Waals surface area contributed by atoms with Gasteiger partial charge >= 0.3 is 5.97 Å². The first-order chi connectivity index (χ1) is 41.7. The maximum Gasteiger partial charge on any atom is 0.326 e. The average molecular weight is 1220 g/mol. The number of carboxylic acids is 1. The number of imidazole rings is 4. The number of ether oxygens (including phenoxy) is 2. The topological polar surface area (TPSA) is 449 Å². The number of aromatic amines is 4. The lowest BCUT2D eigenvalue weighted by Crippen LogP contribution is -2.61. The van der Waals surface area contributed by atoms with E-state index >= 15 is 0 Å². The molecule has 1 aliphatic carbocycles. The Bertz CT molecular complexity index is 2670. The zero-order chi connectivity index (χ0) is 61.7. The summed E-state index contributed by atoms with van der Waals surface area (Å²) in [5, 5.41) is 32.4. The van der Waals surface area contributed by atoms with Gasteiger partial charge in [-0.1, -0.05) is 75.7 Å². The van der Waals surface area contributed by atoms with Gasteiger partial charge in [0.25, 0.3) is 0 Å². The van der Waals surface area contributed by atoms with Crippen LogP contribution in [0.25, 0.3) is 10.4 Å². The van der Waals surface area contributed by atoms with Crippen molar-refractivity contribution in [3.63, 3.8) is 0 Å². The molecule has 0 bridgehead atoms. The van der Waals surface area contributed by atoms with Crippen LogP contribution in [-0.2, 0) is 73.5 Å². The van der Waals surface area contributed by atoms with Crippen molar-refractivity contribution >= 4 is 59.9 Å². The Hall–Kier alpha value is -7.86. The van der Waals surface area contributed by atoms with Gasteiger partial charge in [-0.25, -0.2) is 24.7 Å². The highest BCUT2D eigenvalue weighted by Crippen LogP contribution is 2.26. The van der Waals surface area contributed by atoms with Gasteiger partial charge in [0.1, 0.15) is 36.3 Å². The van der Waals surface area contributed by atoms with Crippen LogP contribution >= 0.6 is 12.6 Å². The fraction of sp³-hybridized carbons (Fsp3) is 0.636. The van der Waals surface area contributed by atoms with Gasteiger partial charge in [0.15, 0.2) is 0 Å². The van der Waals surface area contributed by atoms with E-state index in [9.17, 15) is 43.5 Å². The quantitative estimate of drug-likeness (QED) is 0.00983. The molecule has 4 heterocycles. The number of carbonyl (C=O) groups is 8. The lowest BCUT2D eigenvalue weighted by atomic mass is 9.91. The Morgan fingerprint density at radius 1 is 0.581 bits per heavy atom. The third-order valence-corrected chi connectivity index (χ3v) is 14.9. The number of hydrogen-bond acceptors (Lipinski definition) is 17. The average Bonchev–Trinajstić information content (AvgIpc) is 4.48. The van der Waals surface area contributed by atoms with E-state index in [4.69, 9.17) is 20.7 Å². The first-order valence-electron chi connectivity index (χ1n) is 29.5. The number of hydrogen-bond donors (Lipinski definition) is 14. The van der Waals surface area contributed by atoms with E-state index in [1.165, 1.54) is 88.6 Å². The van der Waals surface area contributed by atoms with Crippen molar-refractivity contribution in [3.8, 4) is 0 Å². The zero-order valence-corrected chi connectivity index (χ0v) is 49.4. The molecule has 7 atom stereocenters. The molecule has 0 aromatic carbocycles. The minimum atomic E-state index is -1.41. The molecule has 14 N–H and O–H groups in total. The van der Waals surface area contributed by atoms with Crippen LogP contribution in [0.2, 0.25) is 0 Å². The molecular formula is C55H85N19O11S. The largest absolute Gasteiger partial charge is 0.480 e. The molecule has 7 amide bonds. The summed E-state index contributed by atoms with van der Waals surface area (Å²) in [7, 11) is 0. The molecule has 472 valence electrons. The second kappa shape index (κ2) is 39.7. The smallest absolute Gasteiger partial charge is 0.326 e. The SMILES string of the molecule is [N-]=[N+]=NCCOCCOCCC(=O)NCCCCC(N)C(=O)NC(Cc1cnc[nH]1)C(=O)NC(Cc1cnc[nH]1)C(=O)NC(Cc1cnc[nH]1)C(=O)NC(CS)C(=O)NC(CCCCC1CCCCCCCC1)C(=O)NC(Cc1cnc[nH]1)C(=O)O. The Labute approximate surface area is 504 Å². The Balaban J connectivity index is 1.22. The summed E-state index contributed by atoms with van der Waals surface area (Å²) in [5.41, 5.74) is 16.4. The summed E-state index contributed by atoms with van der Waals surface area (Å²) in [6.45, 7) is 1.56. The van der Waals surface area contributed by atoms with Crippen LogP contribution in [0.4, 0.5) is 0 Å². The standard InChI is InChI=1S/C55H85N19O11S/c56-41(14-9-10-17-62-48(75)16-19-84-21-22-85-20-18-67-74-57)49(76)69-43(23-37-27-58-32-63-37)51(78)70-44(24-38-28-59-33-64-38)52(79)71-45(25-39-29-60-34-65-39)53(80)73-47(31-86)54(81)68-42(15-8-7-13-36-11-5-3-1-2-4-6-12-36)50(77)72-46(55(82)83)26-40-30-61-35-66-40/h27-30,32-36,41-47,86H,1-26,31,56H2,(H,58,63)(H,59,64)(H,60,65)(H,61,66)(H,62,75)(H,68,81)(H,69,76)(H,70,78)(H,71,79)(H,72,77)(H,73,80)(H,82,83). The molecule has 1 fully saturated rings. The van der Waals surface area contributed by atoms with Gasteiger partial charge in [0, 0.05) is 103 Å². The van der Waals surface area contributed by atoms with Gasteiger partial charge in [-0.15, -0.1) is 0 Å². The van der Waals surface area contributed by atoms with Crippen LogP contribution in [0.15, 0.2) is 55.2 Å². The molecule has 1 saturated carbocycles. The summed E-state index contributed by atoms with van der Waals surface area (Å²) in [6, 6.07) is -9.06. The van der Waals surface area contributed by atoms with Gasteiger partial charge in [0.05, 0.1) is 57.8 Å². The number of amides is 7. The van der Waals surface area contributed by atoms with Crippen LogP contribution in [0.1, 0.15) is 126 Å². The summed E-state index contributed by atoms with van der Waals surface area (Å²) in [4.78, 5) is 140. The third kappa shape index (κ3) is 26.6. The number of carboxylic acid groups (broad SMARTS) is 1. The number of thiol groups is 1. The maximum atomic E-state index is 14.6. The van der Waals surface area contributed by atoms with Crippen molar-refractivity contribution in [3.05, 3.63) is 83.3 Å². The molecule has 0 radical (unpaired) electrons. The lowest BCUT2D eigenvalue weighted by Gasteiger charge is -2.27. The maximum absolute atomic E-state index is 14.6. The van der Waals surface area contributed by atoms with Crippen molar-refractivity contribution in [2.24, 2.45) is 16.8 Å². The molecule has 0 saturated heterocycles. The van der Waals surface area contributed by atoms with Gasteiger partial charge < -0.3 is 77.5 Å². The van der Waals surface area contributed by atoms with Crippen molar-refractivity contribution in [2.75, 3.05) is 45.3 Å². The van der Waals surface area contributed by atoms with E-state index in [0.717, 1.165) is 25.7 Å². The molecule has 31 heteroatoms. The number of H-pyrrole nitrogens is 4. The number of aliphatic carboxylic acids is 1. The van der Waals surface area contributed by atoms with E-state index in [1.807, 2.05) is 0 Å². The summed E-state index contributed by atoms with van der Waals surface area (Å²) in [5.74, 6) is -5.82. The predicted octanol–water partition coefficient (Wildman–Crippen LogP) is 1.43. The van der Waals surface area contributed by atoms with Crippen LogP contribution in [0.3, 0.4) is 0 Å². The van der Waals surface area contributed by atoms with Crippen molar-refractivity contribution < 1.29 is 52.9 Å².